The second-order valence-corrected chi connectivity index (χ2v) is 24.4. The molecular formula is C60H67Cl3N14O9. The number of hydrogen-bond donors (Lipinski definition) is 6. The molecule has 0 aliphatic carbocycles. The third kappa shape index (κ3) is 13.7. The van der Waals surface area contributed by atoms with E-state index in [0.717, 1.165) is 38.1 Å². The SMILES string of the molecule is CC1(C)CNC1.Cl.Cn1cc(-c2cnc3c(cc(C(=O)NCc4ccc(Cl)cc4)c(=O)n3CC(=O)N3CC(C)(C)C3)c2N2CC(O)C2)cn1.Cn1cc(-c2cnc3c(cc(C(=O)NCc4ccc(Cl)cc4)c(=O)n3CC(=O)O)c2N2CC(O)C2)cn1. The number of aliphatic hydroxyl groups is 2. The number of aliphatic hydroxyl groups excluding tert-OH is 2. The van der Waals surface area contributed by atoms with Crippen LogP contribution in [0.5, 0.6) is 0 Å². The molecule has 2 aromatic carbocycles. The Kier molecular flexibility index (Phi) is 18.4. The predicted octanol–water partition coefficient (Wildman–Crippen LogP) is 5.11. The Balaban J connectivity index is 0.000000186. The number of fused-ring (bicyclic) bond motifs is 2. The van der Waals surface area contributed by atoms with Crippen molar-refractivity contribution in [2.75, 3.05) is 62.2 Å². The Hall–Kier alpha value is -8.19. The minimum absolute atomic E-state index is 0. The van der Waals surface area contributed by atoms with Crippen LogP contribution in [0.2, 0.25) is 10.0 Å². The average Bonchev–Trinajstić information content (AvgIpc) is 0.971. The molecule has 4 aliphatic heterocycles. The molecule has 3 amide bonds. The number of likely N-dealkylation sites (tertiary alicyclic amines) is 1. The van der Waals surface area contributed by atoms with Gasteiger partial charge in [-0.3, -0.25) is 47.3 Å². The normalized spacial score (nSPS) is 15.8. The molecule has 23 nitrogen and oxygen atoms in total. The number of carboxylic acid groups (broad SMARTS) is 1. The number of amides is 3. The summed E-state index contributed by atoms with van der Waals surface area (Å²) in [5, 5.41) is 49.0. The number of benzene rings is 2. The van der Waals surface area contributed by atoms with Crippen molar-refractivity contribution < 1.29 is 34.5 Å². The number of aryl methyl sites for hydroxylation is 2. The van der Waals surface area contributed by atoms with Crippen LogP contribution in [0.25, 0.3) is 44.3 Å². The van der Waals surface area contributed by atoms with E-state index in [-0.39, 0.29) is 60.1 Å². The quantitative estimate of drug-likeness (QED) is 0.0825. The topological polar surface area (TPSA) is 280 Å². The second kappa shape index (κ2) is 25.4. The molecule has 0 bridgehead atoms. The van der Waals surface area contributed by atoms with Gasteiger partial charge in [-0.1, -0.05) is 75.2 Å². The number of hydrogen-bond acceptors (Lipinski definition) is 15. The molecule has 6 aromatic heterocycles. The lowest BCUT2D eigenvalue weighted by Gasteiger charge is -2.45. The summed E-state index contributed by atoms with van der Waals surface area (Å²) in [6, 6.07) is 16.9. The largest absolute Gasteiger partial charge is 0.480 e. The van der Waals surface area contributed by atoms with Crippen LogP contribution in [-0.4, -0.2) is 147 Å². The number of halogens is 3. The van der Waals surface area contributed by atoms with Crippen molar-refractivity contribution >= 4 is 92.7 Å². The summed E-state index contributed by atoms with van der Waals surface area (Å²) < 4.78 is 5.60. The van der Waals surface area contributed by atoms with Gasteiger partial charge in [0.05, 0.1) is 36.0 Å². The van der Waals surface area contributed by atoms with Crippen molar-refractivity contribution in [1.29, 1.82) is 0 Å². The van der Waals surface area contributed by atoms with Gasteiger partial charge in [-0.25, -0.2) is 9.97 Å². The Labute approximate surface area is 510 Å². The van der Waals surface area contributed by atoms with Gasteiger partial charge < -0.3 is 46.0 Å². The van der Waals surface area contributed by atoms with E-state index in [1.807, 2.05) is 23.0 Å². The Bertz CT molecular complexity index is 3990. The summed E-state index contributed by atoms with van der Waals surface area (Å²) in [5.41, 5.74) is 5.32. The van der Waals surface area contributed by atoms with Crippen molar-refractivity contribution in [2.24, 2.45) is 24.9 Å². The van der Waals surface area contributed by atoms with Crippen molar-refractivity contribution in [3.8, 4) is 22.3 Å². The van der Waals surface area contributed by atoms with Gasteiger partial charge in [-0.05, 0) is 58.4 Å². The van der Waals surface area contributed by atoms with Crippen LogP contribution in [0.3, 0.4) is 0 Å². The lowest BCUT2D eigenvalue weighted by atomic mass is 9.84. The summed E-state index contributed by atoms with van der Waals surface area (Å²) in [7, 11) is 3.59. The standard InChI is InChI=1S/C30H32ClN7O4.C25H23ClN6O5.C5H11N.ClH/c1-30(2)16-37(17-30)25(40)15-38-27-22(8-23(29(38)42)28(41)33-9-18-4-6-20(31)7-5-18)26(36-13-21(39)14-36)24(11-32-27)19-10-34-35(3)12-19;1-30-10-15(8-29-30)20-9-27-23-18(22(20)31-11-17(33)12-31)6-19(25(37)32(23)13-21(34)35)24(36)28-7-14-2-4-16(26)5-3-14;1-5(2)3-6-4-5;/h4-8,10-12,21,39H,9,13-17H2,1-3H3,(H,33,41);2-6,8-10,17,33H,7,11-13H2,1H3,(H,28,36)(H,34,35);6H,3-4H2,1-2H3;1H. The minimum atomic E-state index is -1.25. The molecule has 86 heavy (non-hydrogen) atoms. The van der Waals surface area contributed by atoms with Gasteiger partial charge in [0, 0.05) is 147 Å². The Morgan fingerprint density at radius 3 is 1.35 bits per heavy atom. The Morgan fingerprint density at radius 2 is 1.02 bits per heavy atom. The van der Waals surface area contributed by atoms with Crippen molar-refractivity contribution in [3.05, 3.63) is 151 Å². The van der Waals surface area contributed by atoms with E-state index in [0.29, 0.717) is 82.4 Å². The molecule has 0 radical (unpaired) electrons. The highest BCUT2D eigenvalue weighted by molar-refractivity contribution is 6.30. The van der Waals surface area contributed by atoms with Crippen LogP contribution in [0.4, 0.5) is 11.4 Å². The molecule has 0 spiro atoms. The summed E-state index contributed by atoms with van der Waals surface area (Å²) in [6.07, 6.45) is 9.22. The highest BCUT2D eigenvalue weighted by Gasteiger charge is 2.38. The molecule has 4 fully saturated rings. The minimum Gasteiger partial charge on any atom is -0.480 e. The first kappa shape index (κ1) is 62.3. The number of rotatable bonds is 14. The van der Waals surface area contributed by atoms with Gasteiger partial charge in [0.25, 0.3) is 22.9 Å². The Morgan fingerprint density at radius 1 is 0.628 bits per heavy atom. The molecule has 0 unspecified atom stereocenters. The maximum atomic E-state index is 13.9. The van der Waals surface area contributed by atoms with Gasteiger partial charge in [-0.2, -0.15) is 10.2 Å². The maximum Gasteiger partial charge on any atom is 0.323 e. The summed E-state index contributed by atoms with van der Waals surface area (Å²) in [5.74, 6) is -2.68. The number of β-amino-alcohol motifs (C(OH)–C–C–N with tert-alkyl or cyclic N) is 2. The molecule has 0 saturated carbocycles. The molecule has 26 heteroatoms. The number of aliphatic carboxylic acids is 1. The third-order valence-electron chi connectivity index (χ3n) is 15.2. The number of carbonyl (C=O) groups is 4. The average molecular weight is 1230 g/mol. The number of carboxylic acids is 1. The molecule has 4 saturated heterocycles. The molecule has 12 rings (SSSR count). The molecule has 4 aliphatic rings. The first-order valence-electron chi connectivity index (χ1n) is 27.6. The first-order valence-corrected chi connectivity index (χ1v) is 28.4. The number of pyridine rings is 4. The second-order valence-electron chi connectivity index (χ2n) is 23.5. The molecule has 452 valence electrons. The van der Waals surface area contributed by atoms with Gasteiger partial charge in [-0.15, -0.1) is 12.4 Å². The number of nitrogens with zero attached hydrogens (tertiary/aromatic N) is 11. The monoisotopic (exact) mass is 1230 g/mol. The molecular weight excluding hydrogens is 1170 g/mol. The third-order valence-corrected chi connectivity index (χ3v) is 15.7. The van der Waals surface area contributed by atoms with Crippen LogP contribution in [0, 0.1) is 10.8 Å². The molecule has 6 N–H and O–H groups in total. The molecule has 0 atom stereocenters. The van der Waals surface area contributed by atoms with E-state index in [9.17, 15) is 44.1 Å². The zero-order valence-electron chi connectivity index (χ0n) is 48.3. The number of anilines is 2. The van der Waals surface area contributed by atoms with Crippen molar-refractivity contribution in [3.63, 3.8) is 0 Å². The van der Waals surface area contributed by atoms with Crippen LogP contribution in [0.15, 0.2) is 107 Å². The highest BCUT2D eigenvalue weighted by Crippen LogP contribution is 2.40. The maximum absolute atomic E-state index is 13.9. The van der Waals surface area contributed by atoms with Crippen LogP contribution in [-0.2, 0) is 49.9 Å². The van der Waals surface area contributed by atoms with E-state index in [1.54, 1.807) is 107 Å². The van der Waals surface area contributed by atoms with Crippen molar-refractivity contribution in [1.82, 2.24) is 59.5 Å². The van der Waals surface area contributed by atoms with Gasteiger partial charge >= 0.3 is 5.97 Å². The van der Waals surface area contributed by atoms with Crippen LogP contribution < -0.4 is 36.9 Å². The van der Waals surface area contributed by atoms with Gasteiger partial charge in [0.1, 0.15) is 35.5 Å². The zero-order valence-corrected chi connectivity index (χ0v) is 50.6. The number of aromatic nitrogens is 8. The summed E-state index contributed by atoms with van der Waals surface area (Å²) >= 11 is 11.9. The van der Waals surface area contributed by atoms with E-state index < -0.39 is 47.7 Å². The summed E-state index contributed by atoms with van der Waals surface area (Å²) in [6.45, 7) is 13.1. The van der Waals surface area contributed by atoms with Gasteiger partial charge in [0.2, 0.25) is 5.91 Å². The van der Waals surface area contributed by atoms with Crippen LogP contribution in [0.1, 0.15) is 59.5 Å². The van der Waals surface area contributed by atoms with Gasteiger partial charge in [0.15, 0.2) is 0 Å². The molecule has 8 aromatic rings. The summed E-state index contributed by atoms with van der Waals surface area (Å²) in [4.78, 5) is 93.5. The number of carbonyl (C=O) groups excluding carboxylic acids is 3. The van der Waals surface area contributed by atoms with E-state index in [1.165, 1.54) is 23.7 Å². The zero-order chi connectivity index (χ0) is 60.6. The van der Waals surface area contributed by atoms with Crippen LogP contribution >= 0.6 is 35.6 Å². The fraction of sp³-hybridized carbons (Fsp3) is 0.367. The first-order chi connectivity index (χ1) is 40.4. The van der Waals surface area contributed by atoms with Crippen molar-refractivity contribution in [2.45, 2.75) is 66.1 Å². The van der Waals surface area contributed by atoms with E-state index >= 15 is 0 Å². The van der Waals surface area contributed by atoms with E-state index in [2.05, 4.69) is 63.8 Å². The predicted molar refractivity (Wildman–Crippen MR) is 330 cm³/mol. The highest BCUT2D eigenvalue weighted by atomic mass is 35.5. The fourth-order valence-corrected chi connectivity index (χ4v) is 10.9. The fourth-order valence-electron chi connectivity index (χ4n) is 10.6. The molecule has 10 heterocycles. The smallest absolute Gasteiger partial charge is 0.323 e. The lowest BCUT2D eigenvalue weighted by Crippen LogP contribution is -2.56. The van der Waals surface area contributed by atoms with E-state index in [4.69, 9.17) is 23.2 Å². The number of nitrogens with one attached hydrogen (secondary N) is 3. The lowest BCUT2D eigenvalue weighted by molar-refractivity contribution is -0.142.